The van der Waals surface area contributed by atoms with Gasteiger partial charge in [-0.3, -0.25) is 14.4 Å². The zero-order valence-corrected chi connectivity index (χ0v) is 15.8. The van der Waals surface area contributed by atoms with E-state index in [0.717, 1.165) is 11.1 Å². The SMILES string of the molecule is COc1cc(CNC(=O)c2ccc(CNC(C)=O)cc2)ccc1OCC(N)=O. The van der Waals surface area contributed by atoms with Crippen molar-refractivity contribution in [3.05, 3.63) is 59.2 Å². The van der Waals surface area contributed by atoms with Crippen LogP contribution in [0.25, 0.3) is 0 Å². The standard InChI is InChI=1S/C20H23N3O5/c1-13(24)22-10-14-3-6-16(7-4-14)20(26)23-11-15-5-8-17(18(9-15)27-2)28-12-19(21)25/h3-9H,10-12H2,1-2H3,(H2,21,25)(H,22,24)(H,23,26). The summed E-state index contributed by atoms with van der Waals surface area (Å²) in [5.41, 5.74) is 7.29. The Morgan fingerprint density at radius 2 is 1.57 bits per heavy atom. The van der Waals surface area contributed by atoms with Crippen LogP contribution in [0.15, 0.2) is 42.5 Å². The van der Waals surface area contributed by atoms with Crippen molar-refractivity contribution in [1.82, 2.24) is 10.6 Å². The van der Waals surface area contributed by atoms with Crippen LogP contribution in [0.4, 0.5) is 0 Å². The Morgan fingerprint density at radius 1 is 0.929 bits per heavy atom. The van der Waals surface area contributed by atoms with Crippen molar-refractivity contribution in [2.45, 2.75) is 20.0 Å². The maximum Gasteiger partial charge on any atom is 0.255 e. The zero-order valence-electron chi connectivity index (χ0n) is 15.8. The normalized spacial score (nSPS) is 10.1. The third kappa shape index (κ3) is 6.31. The Morgan fingerprint density at radius 3 is 2.18 bits per heavy atom. The minimum atomic E-state index is -0.582. The van der Waals surface area contributed by atoms with Crippen molar-refractivity contribution in [1.29, 1.82) is 0 Å². The molecule has 0 aliphatic rings. The number of carbonyl (C=O) groups is 3. The summed E-state index contributed by atoms with van der Waals surface area (Å²) in [6, 6.07) is 12.1. The van der Waals surface area contributed by atoms with Gasteiger partial charge in [-0.25, -0.2) is 0 Å². The van der Waals surface area contributed by atoms with E-state index in [-0.39, 0.29) is 18.4 Å². The molecule has 0 bridgehead atoms. The molecule has 0 heterocycles. The van der Waals surface area contributed by atoms with Gasteiger partial charge in [-0.15, -0.1) is 0 Å². The smallest absolute Gasteiger partial charge is 0.255 e. The molecule has 0 saturated carbocycles. The van der Waals surface area contributed by atoms with Crippen molar-refractivity contribution in [3.63, 3.8) is 0 Å². The van der Waals surface area contributed by atoms with Gasteiger partial charge >= 0.3 is 0 Å². The summed E-state index contributed by atoms with van der Waals surface area (Å²) in [4.78, 5) is 34.1. The van der Waals surface area contributed by atoms with Gasteiger partial charge in [-0.2, -0.15) is 0 Å². The fourth-order valence-corrected chi connectivity index (χ4v) is 2.37. The molecule has 0 unspecified atom stereocenters. The quantitative estimate of drug-likeness (QED) is 0.598. The highest BCUT2D eigenvalue weighted by Gasteiger charge is 2.09. The summed E-state index contributed by atoms with van der Waals surface area (Å²) in [5.74, 6) is -0.0784. The number of amides is 3. The second-order valence-corrected chi connectivity index (χ2v) is 6.03. The number of nitrogens with one attached hydrogen (secondary N) is 2. The first-order valence-electron chi connectivity index (χ1n) is 8.58. The number of hydrogen-bond donors (Lipinski definition) is 3. The second kappa shape index (κ2) is 9.96. The molecule has 0 atom stereocenters. The van der Waals surface area contributed by atoms with E-state index in [4.69, 9.17) is 15.2 Å². The molecule has 0 aromatic heterocycles. The zero-order chi connectivity index (χ0) is 20.5. The molecule has 8 nitrogen and oxygen atoms in total. The molecule has 0 radical (unpaired) electrons. The molecule has 2 aromatic rings. The Balaban J connectivity index is 1.94. The van der Waals surface area contributed by atoms with E-state index < -0.39 is 5.91 Å². The average Bonchev–Trinajstić information content (AvgIpc) is 2.69. The molecule has 2 rings (SSSR count). The van der Waals surface area contributed by atoms with Crippen LogP contribution in [0.3, 0.4) is 0 Å². The van der Waals surface area contributed by atoms with Crippen molar-refractivity contribution in [2.75, 3.05) is 13.7 Å². The van der Waals surface area contributed by atoms with E-state index in [9.17, 15) is 14.4 Å². The predicted molar refractivity (Wildman–Crippen MR) is 103 cm³/mol. The molecule has 8 heteroatoms. The average molecular weight is 385 g/mol. The van der Waals surface area contributed by atoms with Gasteiger partial charge in [-0.1, -0.05) is 18.2 Å². The van der Waals surface area contributed by atoms with Gasteiger partial charge in [0.1, 0.15) is 0 Å². The number of nitrogens with two attached hydrogens (primary N) is 1. The first kappa shape index (κ1) is 20.8. The molecule has 148 valence electrons. The number of hydrogen-bond acceptors (Lipinski definition) is 5. The number of benzene rings is 2. The number of primary amides is 1. The maximum absolute atomic E-state index is 12.3. The molecule has 0 aliphatic heterocycles. The van der Waals surface area contributed by atoms with Crippen molar-refractivity contribution in [2.24, 2.45) is 5.73 Å². The monoisotopic (exact) mass is 385 g/mol. The molecule has 0 saturated heterocycles. The highest BCUT2D eigenvalue weighted by Crippen LogP contribution is 2.28. The minimum absolute atomic E-state index is 0.108. The molecule has 2 aromatic carbocycles. The van der Waals surface area contributed by atoms with E-state index >= 15 is 0 Å². The van der Waals surface area contributed by atoms with Crippen LogP contribution >= 0.6 is 0 Å². The summed E-state index contributed by atoms with van der Waals surface area (Å²) >= 11 is 0. The van der Waals surface area contributed by atoms with Crippen LogP contribution in [0.2, 0.25) is 0 Å². The molecule has 0 fully saturated rings. The molecule has 0 spiro atoms. The summed E-state index contributed by atoms with van der Waals surface area (Å²) in [7, 11) is 1.48. The fourth-order valence-electron chi connectivity index (χ4n) is 2.37. The Hall–Kier alpha value is -3.55. The van der Waals surface area contributed by atoms with Crippen LogP contribution in [0, 0.1) is 0 Å². The van der Waals surface area contributed by atoms with Crippen LogP contribution in [0.1, 0.15) is 28.4 Å². The van der Waals surface area contributed by atoms with Gasteiger partial charge in [0.25, 0.3) is 11.8 Å². The fraction of sp³-hybridized carbons (Fsp3) is 0.250. The number of ether oxygens (including phenoxy) is 2. The molecule has 4 N–H and O–H groups in total. The van der Waals surface area contributed by atoms with Crippen LogP contribution in [-0.2, 0) is 22.7 Å². The lowest BCUT2D eigenvalue weighted by molar-refractivity contribution is -0.120. The van der Waals surface area contributed by atoms with E-state index in [2.05, 4.69) is 10.6 Å². The third-order valence-electron chi connectivity index (χ3n) is 3.81. The van der Waals surface area contributed by atoms with Gasteiger partial charge in [0.05, 0.1) is 7.11 Å². The van der Waals surface area contributed by atoms with E-state index in [1.54, 1.807) is 42.5 Å². The van der Waals surface area contributed by atoms with Gasteiger partial charge in [-0.05, 0) is 35.4 Å². The summed E-state index contributed by atoms with van der Waals surface area (Å²) in [5, 5.41) is 5.53. The summed E-state index contributed by atoms with van der Waals surface area (Å²) in [6.07, 6.45) is 0. The summed E-state index contributed by atoms with van der Waals surface area (Å²) < 4.78 is 10.5. The van der Waals surface area contributed by atoms with Gasteiger partial charge in [0, 0.05) is 25.6 Å². The number of carbonyl (C=O) groups excluding carboxylic acids is 3. The van der Waals surface area contributed by atoms with E-state index in [1.165, 1.54) is 14.0 Å². The first-order valence-corrected chi connectivity index (χ1v) is 8.58. The summed E-state index contributed by atoms with van der Waals surface area (Å²) in [6.45, 7) is 1.91. The molecule has 0 aliphatic carbocycles. The lowest BCUT2D eigenvalue weighted by Crippen LogP contribution is -2.23. The van der Waals surface area contributed by atoms with E-state index in [0.29, 0.717) is 30.2 Å². The molecular weight excluding hydrogens is 362 g/mol. The largest absolute Gasteiger partial charge is 0.493 e. The number of methoxy groups -OCH3 is 1. The van der Waals surface area contributed by atoms with Crippen molar-refractivity contribution >= 4 is 17.7 Å². The highest BCUT2D eigenvalue weighted by molar-refractivity contribution is 5.94. The predicted octanol–water partition coefficient (Wildman–Crippen LogP) is 1.13. The lowest BCUT2D eigenvalue weighted by atomic mass is 10.1. The Labute approximate surface area is 163 Å². The first-order chi connectivity index (χ1) is 13.4. The second-order valence-electron chi connectivity index (χ2n) is 6.03. The third-order valence-corrected chi connectivity index (χ3v) is 3.81. The Kier molecular flexibility index (Phi) is 7.38. The van der Waals surface area contributed by atoms with Gasteiger partial charge < -0.3 is 25.8 Å². The van der Waals surface area contributed by atoms with Crippen LogP contribution < -0.4 is 25.8 Å². The molecule has 3 amide bonds. The topological polar surface area (TPSA) is 120 Å². The number of rotatable bonds is 9. The highest BCUT2D eigenvalue weighted by atomic mass is 16.5. The van der Waals surface area contributed by atoms with Crippen molar-refractivity contribution < 1.29 is 23.9 Å². The van der Waals surface area contributed by atoms with Gasteiger partial charge in [0.15, 0.2) is 18.1 Å². The lowest BCUT2D eigenvalue weighted by Gasteiger charge is -2.12. The van der Waals surface area contributed by atoms with Gasteiger partial charge in [0.2, 0.25) is 5.91 Å². The molecular formula is C20H23N3O5. The molecule has 28 heavy (non-hydrogen) atoms. The Bertz CT molecular complexity index is 849. The van der Waals surface area contributed by atoms with Crippen LogP contribution in [-0.4, -0.2) is 31.4 Å². The van der Waals surface area contributed by atoms with Crippen LogP contribution in [0.5, 0.6) is 11.5 Å². The minimum Gasteiger partial charge on any atom is -0.493 e. The maximum atomic E-state index is 12.3. The van der Waals surface area contributed by atoms with Crippen molar-refractivity contribution in [3.8, 4) is 11.5 Å². The van der Waals surface area contributed by atoms with E-state index in [1.807, 2.05) is 0 Å².